The van der Waals surface area contributed by atoms with Crippen LogP contribution in [0.15, 0.2) is 18.2 Å². The van der Waals surface area contributed by atoms with Crippen LogP contribution in [0.4, 0.5) is 5.69 Å². The van der Waals surface area contributed by atoms with Crippen molar-refractivity contribution in [2.45, 2.75) is 19.3 Å². The fourth-order valence-electron chi connectivity index (χ4n) is 1.43. The zero-order valence-corrected chi connectivity index (χ0v) is 10.3. The summed E-state index contributed by atoms with van der Waals surface area (Å²) in [5.74, 6) is -0.216. The average molecular weight is 257 g/mol. The van der Waals surface area contributed by atoms with Gasteiger partial charge in [-0.3, -0.25) is 4.79 Å². The van der Waals surface area contributed by atoms with Gasteiger partial charge >= 0.3 is 0 Å². The molecule has 0 heterocycles. The van der Waals surface area contributed by atoms with Gasteiger partial charge < -0.3 is 16.2 Å². The summed E-state index contributed by atoms with van der Waals surface area (Å²) in [6.45, 7) is 0.763. The Labute approximate surface area is 106 Å². The summed E-state index contributed by atoms with van der Waals surface area (Å²) in [5, 5.41) is 11.8. The van der Waals surface area contributed by atoms with Crippen molar-refractivity contribution in [2.75, 3.05) is 18.9 Å². The summed E-state index contributed by atoms with van der Waals surface area (Å²) in [5.41, 5.74) is 6.50. The number of unbranched alkanes of at least 4 members (excludes halogenated alkanes) is 2. The second kappa shape index (κ2) is 7.14. The van der Waals surface area contributed by atoms with Gasteiger partial charge in [-0.05, 0) is 37.5 Å². The van der Waals surface area contributed by atoms with Crippen molar-refractivity contribution in [2.24, 2.45) is 0 Å². The number of carbonyl (C=O) groups excluding carboxylic acids is 1. The number of halogens is 1. The molecule has 0 saturated heterocycles. The highest BCUT2D eigenvalue weighted by atomic mass is 35.5. The smallest absolute Gasteiger partial charge is 0.252 e. The summed E-state index contributed by atoms with van der Waals surface area (Å²) in [6.07, 6.45) is 2.49. The van der Waals surface area contributed by atoms with E-state index in [1.165, 1.54) is 0 Å². The molecule has 0 bridgehead atoms. The minimum Gasteiger partial charge on any atom is -0.399 e. The molecule has 1 rings (SSSR count). The topological polar surface area (TPSA) is 75.4 Å². The lowest BCUT2D eigenvalue weighted by Gasteiger charge is -2.07. The first-order valence-electron chi connectivity index (χ1n) is 5.59. The minimum atomic E-state index is -0.216. The molecule has 0 atom stereocenters. The first-order valence-corrected chi connectivity index (χ1v) is 5.97. The molecule has 0 aromatic heterocycles. The van der Waals surface area contributed by atoms with E-state index in [-0.39, 0.29) is 12.5 Å². The number of hydrogen-bond acceptors (Lipinski definition) is 3. The van der Waals surface area contributed by atoms with E-state index in [4.69, 9.17) is 22.4 Å². The van der Waals surface area contributed by atoms with E-state index in [0.717, 1.165) is 19.3 Å². The van der Waals surface area contributed by atoms with E-state index in [0.29, 0.717) is 22.8 Å². The largest absolute Gasteiger partial charge is 0.399 e. The van der Waals surface area contributed by atoms with Gasteiger partial charge in [0.1, 0.15) is 0 Å². The standard InChI is InChI=1S/C12H17ClN2O2/c13-11-5-4-9(14)8-10(11)12(17)15-6-2-1-3-7-16/h4-5,8,16H,1-3,6-7,14H2,(H,15,17). The molecule has 1 aromatic rings. The predicted octanol–water partition coefficient (Wildman–Crippen LogP) is 1.81. The maximum atomic E-state index is 11.7. The zero-order valence-electron chi connectivity index (χ0n) is 9.58. The number of anilines is 1. The van der Waals surface area contributed by atoms with Crippen LogP contribution in [-0.2, 0) is 0 Å². The molecule has 0 unspecified atom stereocenters. The number of rotatable bonds is 6. The summed E-state index contributed by atoms with van der Waals surface area (Å²) in [7, 11) is 0. The van der Waals surface area contributed by atoms with Crippen LogP contribution in [0.5, 0.6) is 0 Å². The Morgan fingerprint density at radius 2 is 2.12 bits per heavy atom. The molecule has 0 aliphatic rings. The molecule has 94 valence electrons. The minimum absolute atomic E-state index is 0.189. The van der Waals surface area contributed by atoms with E-state index in [1.807, 2.05) is 0 Å². The van der Waals surface area contributed by atoms with E-state index in [9.17, 15) is 4.79 Å². The van der Waals surface area contributed by atoms with Gasteiger partial charge in [-0.2, -0.15) is 0 Å². The second-order valence-corrected chi connectivity index (χ2v) is 4.19. The third-order valence-electron chi connectivity index (χ3n) is 2.36. The van der Waals surface area contributed by atoms with Crippen LogP contribution in [0.25, 0.3) is 0 Å². The molecule has 4 N–H and O–H groups in total. The molecule has 17 heavy (non-hydrogen) atoms. The monoisotopic (exact) mass is 256 g/mol. The van der Waals surface area contributed by atoms with E-state index in [1.54, 1.807) is 18.2 Å². The molecule has 1 amide bonds. The number of nitrogen functional groups attached to an aromatic ring is 1. The fourth-order valence-corrected chi connectivity index (χ4v) is 1.63. The van der Waals surface area contributed by atoms with Gasteiger partial charge in [-0.25, -0.2) is 0 Å². The molecular weight excluding hydrogens is 240 g/mol. The Balaban J connectivity index is 2.44. The molecular formula is C12H17ClN2O2. The molecule has 0 radical (unpaired) electrons. The van der Waals surface area contributed by atoms with Crippen LogP contribution >= 0.6 is 11.6 Å². The van der Waals surface area contributed by atoms with Gasteiger partial charge in [0.2, 0.25) is 0 Å². The fraction of sp³-hybridized carbons (Fsp3) is 0.417. The van der Waals surface area contributed by atoms with Gasteiger partial charge in [0.15, 0.2) is 0 Å². The second-order valence-electron chi connectivity index (χ2n) is 3.78. The number of nitrogens with two attached hydrogens (primary N) is 1. The SMILES string of the molecule is Nc1ccc(Cl)c(C(=O)NCCCCCO)c1. The van der Waals surface area contributed by atoms with Crippen LogP contribution in [-0.4, -0.2) is 24.2 Å². The van der Waals surface area contributed by atoms with E-state index < -0.39 is 0 Å². The highest BCUT2D eigenvalue weighted by Gasteiger charge is 2.09. The Morgan fingerprint density at radius 3 is 2.82 bits per heavy atom. The van der Waals surface area contributed by atoms with Crippen molar-refractivity contribution >= 4 is 23.2 Å². The molecule has 0 spiro atoms. The number of aliphatic hydroxyl groups excluding tert-OH is 1. The van der Waals surface area contributed by atoms with Crippen LogP contribution in [0, 0.1) is 0 Å². The quantitative estimate of drug-likeness (QED) is 0.537. The maximum absolute atomic E-state index is 11.7. The van der Waals surface area contributed by atoms with Crippen molar-refractivity contribution in [1.29, 1.82) is 0 Å². The molecule has 0 aliphatic heterocycles. The van der Waals surface area contributed by atoms with Crippen molar-refractivity contribution in [3.8, 4) is 0 Å². The zero-order chi connectivity index (χ0) is 12.7. The Kier molecular flexibility index (Phi) is 5.80. The average Bonchev–Trinajstić information content (AvgIpc) is 2.32. The van der Waals surface area contributed by atoms with Gasteiger partial charge in [-0.15, -0.1) is 0 Å². The van der Waals surface area contributed by atoms with Crippen LogP contribution in [0.2, 0.25) is 5.02 Å². The summed E-state index contributed by atoms with van der Waals surface area (Å²) < 4.78 is 0. The molecule has 4 nitrogen and oxygen atoms in total. The molecule has 0 fully saturated rings. The number of nitrogens with one attached hydrogen (secondary N) is 1. The van der Waals surface area contributed by atoms with Crippen molar-refractivity contribution in [3.05, 3.63) is 28.8 Å². The van der Waals surface area contributed by atoms with Gasteiger partial charge in [0, 0.05) is 18.8 Å². The van der Waals surface area contributed by atoms with Gasteiger partial charge in [-0.1, -0.05) is 11.6 Å². The van der Waals surface area contributed by atoms with Crippen molar-refractivity contribution in [3.63, 3.8) is 0 Å². The lowest BCUT2D eigenvalue weighted by Crippen LogP contribution is -2.24. The number of aliphatic hydroxyl groups is 1. The Hall–Kier alpha value is -1.26. The number of carbonyl (C=O) groups is 1. The Morgan fingerprint density at radius 1 is 1.35 bits per heavy atom. The molecule has 1 aromatic carbocycles. The highest BCUT2D eigenvalue weighted by Crippen LogP contribution is 2.18. The summed E-state index contributed by atoms with van der Waals surface area (Å²) in [4.78, 5) is 11.7. The van der Waals surface area contributed by atoms with Crippen LogP contribution in [0.1, 0.15) is 29.6 Å². The number of hydrogen-bond donors (Lipinski definition) is 3. The van der Waals surface area contributed by atoms with Crippen molar-refractivity contribution in [1.82, 2.24) is 5.32 Å². The van der Waals surface area contributed by atoms with Crippen LogP contribution in [0.3, 0.4) is 0 Å². The van der Waals surface area contributed by atoms with Gasteiger partial charge in [0.25, 0.3) is 5.91 Å². The predicted molar refractivity (Wildman–Crippen MR) is 69.1 cm³/mol. The Bertz CT molecular complexity index is 383. The normalized spacial score (nSPS) is 10.2. The van der Waals surface area contributed by atoms with Crippen LogP contribution < -0.4 is 11.1 Å². The lowest BCUT2D eigenvalue weighted by atomic mass is 10.2. The van der Waals surface area contributed by atoms with Gasteiger partial charge in [0.05, 0.1) is 10.6 Å². The first kappa shape index (κ1) is 13.8. The molecule has 0 saturated carbocycles. The van der Waals surface area contributed by atoms with E-state index in [2.05, 4.69) is 5.32 Å². The molecule has 0 aliphatic carbocycles. The number of amides is 1. The first-order chi connectivity index (χ1) is 8.15. The van der Waals surface area contributed by atoms with Crippen molar-refractivity contribution < 1.29 is 9.90 Å². The summed E-state index contributed by atoms with van der Waals surface area (Å²) in [6, 6.07) is 4.82. The third kappa shape index (κ3) is 4.63. The lowest BCUT2D eigenvalue weighted by molar-refractivity contribution is 0.0953. The third-order valence-corrected chi connectivity index (χ3v) is 2.69. The molecule has 5 heteroatoms. The summed E-state index contributed by atoms with van der Waals surface area (Å²) >= 11 is 5.90. The van der Waals surface area contributed by atoms with E-state index >= 15 is 0 Å². The highest BCUT2D eigenvalue weighted by molar-refractivity contribution is 6.34. The number of benzene rings is 1. The maximum Gasteiger partial charge on any atom is 0.252 e.